The number of aliphatic hydroxyl groups is 1. The summed E-state index contributed by atoms with van der Waals surface area (Å²) in [6.07, 6.45) is 1.31. The number of hydrogen-bond donors (Lipinski definition) is 6. The highest BCUT2D eigenvalue weighted by molar-refractivity contribution is 5.92. The number of aliphatic hydroxyl groups excluding tert-OH is 1. The molecule has 1 aromatic heterocycles. The van der Waals surface area contributed by atoms with Crippen LogP contribution in [0.1, 0.15) is 79.0 Å². The van der Waals surface area contributed by atoms with E-state index in [1.54, 1.807) is 27.0 Å². The number of nitrogens with one attached hydrogen (secondary N) is 5. The van der Waals surface area contributed by atoms with Crippen molar-refractivity contribution in [3.63, 3.8) is 0 Å². The van der Waals surface area contributed by atoms with E-state index in [0.717, 1.165) is 5.56 Å². The first-order chi connectivity index (χ1) is 23.0. The molecule has 1 heterocycles. The van der Waals surface area contributed by atoms with Crippen molar-refractivity contribution in [1.82, 2.24) is 31.2 Å². The number of aromatic amines is 1. The van der Waals surface area contributed by atoms with Crippen molar-refractivity contribution < 1.29 is 38.6 Å². The number of ether oxygens (including phenoxy) is 2. The molecule has 14 nitrogen and oxygen atoms in total. The summed E-state index contributed by atoms with van der Waals surface area (Å²) in [6.45, 7) is 12.7. The molecule has 0 aliphatic rings. The van der Waals surface area contributed by atoms with Gasteiger partial charge in [0, 0.05) is 19.0 Å². The Hall–Kier alpha value is -4.46. The number of aromatic nitrogens is 2. The molecule has 0 radical (unpaired) electrons. The van der Waals surface area contributed by atoms with E-state index >= 15 is 0 Å². The molecule has 14 heteroatoms. The van der Waals surface area contributed by atoms with Gasteiger partial charge < -0.3 is 40.8 Å². The average Bonchev–Trinajstić information content (AvgIpc) is 3.51. The van der Waals surface area contributed by atoms with Crippen LogP contribution in [0.15, 0.2) is 42.9 Å². The molecule has 6 N–H and O–H groups in total. The molecule has 4 amide bonds. The number of rotatable bonds is 18. The summed E-state index contributed by atoms with van der Waals surface area (Å²) < 4.78 is 10.2. The summed E-state index contributed by atoms with van der Waals surface area (Å²) in [5.74, 6) is -2.32. The van der Waals surface area contributed by atoms with Crippen LogP contribution in [0, 0.1) is 11.8 Å². The summed E-state index contributed by atoms with van der Waals surface area (Å²) in [7, 11) is 1.24. The Kier molecular flexibility index (Phi) is 16.2. The molecule has 0 fully saturated rings. The van der Waals surface area contributed by atoms with E-state index < -0.39 is 72.1 Å². The number of carbonyl (C=O) groups is 5. The molecule has 272 valence electrons. The number of carbonyl (C=O) groups excluding carboxylic acids is 5. The Morgan fingerprint density at radius 1 is 0.837 bits per heavy atom. The van der Waals surface area contributed by atoms with Gasteiger partial charge in [0.2, 0.25) is 17.7 Å². The fourth-order valence-electron chi connectivity index (χ4n) is 5.12. The molecule has 2 aromatic rings. The second-order valence-corrected chi connectivity index (χ2v) is 14.0. The number of hydrogen-bond acceptors (Lipinski definition) is 9. The van der Waals surface area contributed by atoms with Gasteiger partial charge in [-0.15, -0.1) is 0 Å². The van der Waals surface area contributed by atoms with Gasteiger partial charge in [0.25, 0.3) is 0 Å². The number of alkyl carbamates (subject to hydrolysis) is 1. The van der Waals surface area contributed by atoms with E-state index in [0.29, 0.717) is 18.5 Å². The maximum Gasteiger partial charge on any atom is 0.408 e. The zero-order valence-electron chi connectivity index (χ0n) is 29.9. The van der Waals surface area contributed by atoms with Gasteiger partial charge in [-0.2, -0.15) is 0 Å². The summed E-state index contributed by atoms with van der Waals surface area (Å²) in [5.41, 5.74) is 0.450. The van der Waals surface area contributed by atoms with E-state index in [9.17, 15) is 29.1 Å². The van der Waals surface area contributed by atoms with Gasteiger partial charge in [0.1, 0.15) is 23.7 Å². The van der Waals surface area contributed by atoms with Crippen molar-refractivity contribution in [2.45, 2.75) is 116 Å². The molecule has 0 bridgehead atoms. The molecular formula is C35H54N6O8. The SMILES string of the molecule is COC(=O)[C@H](CC(C)C)NC(=O)C[C@H](O)C(CC(C)C)NC(=O)[C@H](Cc1c[nH]cn1)NC(=O)[C@H](Cc1ccccc1)NC(=O)OC(C)(C)C. The minimum absolute atomic E-state index is 0.00738. The summed E-state index contributed by atoms with van der Waals surface area (Å²) >= 11 is 0. The fraction of sp³-hybridized carbons (Fsp3) is 0.600. The lowest BCUT2D eigenvalue weighted by Crippen LogP contribution is -2.58. The van der Waals surface area contributed by atoms with Gasteiger partial charge in [-0.1, -0.05) is 58.0 Å². The Morgan fingerprint density at radius 3 is 2.00 bits per heavy atom. The second kappa shape index (κ2) is 19.5. The van der Waals surface area contributed by atoms with Crippen LogP contribution < -0.4 is 21.3 Å². The highest BCUT2D eigenvalue weighted by atomic mass is 16.6. The standard InChI is InChI=1S/C35H54N6O8/c1-21(2)14-25(29(42)18-30(43)38-28(15-22(3)4)33(46)48-8)39-32(45)27(17-24-19-36-20-37-24)40-31(44)26(16-23-12-10-9-11-13-23)41-34(47)49-35(5,6)7/h9-13,19-22,25-29,42H,14-18H2,1-8H3,(H,36,37)(H,38,43)(H,39,45)(H,40,44)(H,41,47)/t25?,26-,27-,28-,29-/m0/s1. The topological polar surface area (TPSA) is 201 Å². The Morgan fingerprint density at radius 2 is 1.45 bits per heavy atom. The lowest BCUT2D eigenvalue weighted by molar-refractivity contribution is -0.145. The summed E-state index contributed by atoms with van der Waals surface area (Å²) in [4.78, 5) is 72.5. The number of amides is 4. The molecule has 1 unspecified atom stereocenters. The largest absolute Gasteiger partial charge is 0.467 e. The van der Waals surface area contributed by atoms with Crippen molar-refractivity contribution in [3.8, 4) is 0 Å². The lowest BCUT2D eigenvalue weighted by atomic mass is 9.96. The molecule has 2 rings (SSSR count). The average molecular weight is 687 g/mol. The highest BCUT2D eigenvalue weighted by Crippen LogP contribution is 2.14. The molecule has 0 aliphatic carbocycles. The van der Waals surface area contributed by atoms with Gasteiger partial charge in [-0.05, 0) is 51.0 Å². The van der Waals surface area contributed by atoms with Crippen LogP contribution >= 0.6 is 0 Å². The van der Waals surface area contributed by atoms with Crippen LogP contribution in [0.25, 0.3) is 0 Å². The van der Waals surface area contributed by atoms with Crippen LogP contribution in [0.5, 0.6) is 0 Å². The van der Waals surface area contributed by atoms with Crippen LogP contribution in [-0.4, -0.2) is 87.8 Å². The van der Waals surface area contributed by atoms with Gasteiger partial charge in [0.15, 0.2) is 0 Å². The number of esters is 1. The highest BCUT2D eigenvalue weighted by Gasteiger charge is 2.33. The van der Waals surface area contributed by atoms with Crippen molar-refractivity contribution in [2.24, 2.45) is 11.8 Å². The summed E-state index contributed by atoms with van der Waals surface area (Å²) in [5, 5.41) is 22.0. The third-order valence-corrected chi connectivity index (χ3v) is 7.33. The minimum atomic E-state index is -1.31. The van der Waals surface area contributed by atoms with Crippen molar-refractivity contribution in [3.05, 3.63) is 54.1 Å². The zero-order chi connectivity index (χ0) is 36.7. The first-order valence-electron chi connectivity index (χ1n) is 16.6. The normalized spacial score (nSPS) is 14.6. The van der Waals surface area contributed by atoms with Gasteiger partial charge in [-0.25, -0.2) is 14.6 Å². The Bertz CT molecular complexity index is 1340. The van der Waals surface area contributed by atoms with Crippen LogP contribution in [-0.2, 0) is 41.5 Å². The Labute approximate surface area is 288 Å². The molecule has 49 heavy (non-hydrogen) atoms. The number of nitrogens with zero attached hydrogens (tertiary/aromatic N) is 1. The van der Waals surface area contributed by atoms with E-state index in [1.807, 2.05) is 58.0 Å². The van der Waals surface area contributed by atoms with Crippen molar-refractivity contribution >= 4 is 29.8 Å². The fourth-order valence-corrected chi connectivity index (χ4v) is 5.12. The van der Waals surface area contributed by atoms with Gasteiger partial charge >= 0.3 is 12.1 Å². The number of benzene rings is 1. The molecule has 5 atom stereocenters. The number of methoxy groups -OCH3 is 1. The smallest absolute Gasteiger partial charge is 0.408 e. The first kappa shape index (κ1) is 40.7. The molecule has 0 aliphatic heterocycles. The van der Waals surface area contributed by atoms with Crippen LogP contribution in [0.2, 0.25) is 0 Å². The molecule has 0 saturated carbocycles. The maximum absolute atomic E-state index is 13.9. The summed E-state index contributed by atoms with van der Waals surface area (Å²) in [6, 6.07) is 5.07. The number of imidazole rings is 1. The Balaban J connectivity index is 2.28. The van der Waals surface area contributed by atoms with Crippen LogP contribution in [0.3, 0.4) is 0 Å². The lowest BCUT2D eigenvalue weighted by Gasteiger charge is -2.29. The predicted molar refractivity (Wildman–Crippen MR) is 183 cm³/mol. The molecule has 0 saturated heterocycles. The van der Waals surface area contributed by atoms with E-state index in [4.69, 9.17) is 9.47 Å². The van der Waals surface area contributed by atoms with Gasteiger partial charge in [0.05, 0.1) is 37.7 Å². The van der Waals surface area contributed by atoms with Crippen molar-refractivity contribution in [2.75, 3.05) is 7.11 Å². The third-order valence-electron chi connectivity index (χ3n) is 7.33. The third kappa shape index (κ3) is 15.5. The predicted octanol–water partition coefficient (Wildman–Crippen LogP) is 2.56. The van der Waals surface area contributed by atoms with E-state index in [-0.39, 0.29) is 24.7 Å². The quantitative estimate of drug-likeness (QED) is 0.128. The maximum atomic E-state index is 13.9. The van der Waals surface area contributed by atoms with Crippen molar-refractivity contribution in [1.29, 1.82) is 0 Å². The zero-order valence-corrected chi connectivity index (χ0v) is 29.9. The first-order valence-corrected chi connectivity index (χ1v) is 16.6. The molecular weight excluding hydrogens is 632 g/mol. The second-order valence-electron chi connectivity index (χ2n) is 14.0. The molecule has 1 aromatic carbocycles. The van der Waals surface area contributed by atoms with E-state index in [1.165, 1.54) is 13.4 Å². The monoisotopic (exact) mass is 686 g/mol. The molecule has 0 spiro atoms. The van der Waals surface area contributed by atoms with E-state index in [2.05, 4.69) is 31.2 Å². The number of H-pyrrole nitrogens is 1. The van der Waals surface area contributed by atoms with Crippen LogP contribution in [0.4, 0.5) is 4.79 Å². The van der Waals surface area contributed by atoms with Gasteiger partial charge in [-0.3, -0.25) is 14.4 Å². The minimum Gasteiger partial charge on any atom is -0.467 e.